The molecule has 1 fully saturated rings. The van der Waals surface area contributed by atoms with Crippen molar-refractivity contribution in [3.63, 3.8) is 0 Å². The minimum absolute atomic E-state index is 0.0710. The van der Waals surface area contributed by atoms with Crippen LogP contribution in [-0.2, 0) is 4.79 Å². The summed E-state index contributed by atoms with van der Waals surface area (Å²) in [4.78, 5) is 15.6. The summed E-state index contributed by atoms with van der Waals surface area (Å²) >= 11 is 12.3. The second-order valence-corrected chi connectivity index (χ2v) is 11.6. The van der Waals surface area contributed by atoms with Gasteiger partial charge in [0.05, 0.1) is 12.0 Å². The second-order valence-electron chi connectivity index (χ2n) is 10.7. The lowest BCUT2D eigenvalue weighted by Gasteiger charge is -2.47. The number of likely N-dealkylation sites (tertiary alicyclic amines) is 1. The molecule has 3 aromatic rings. The van der Waals surface area contributed by atoms with Crippen molar-refractivity contribution in [1.82, 2.24) is 10.2 Å². The topological polar surface area (TPSA) is 32.3 Å². The van der Waals surface area contributed by atoms with E-state index in [9.17, 15) is 13.6 Å². The number of benzene rings is 3. The second kappa shape index (κ2) is 10.9. The third-order valence-corrected chi connectivity index (χ3v) is 6.97. The lowest BCUT2D eigenvalue weighted by atomic mass is 9.78. The molecule has 0 aromatic heterocycles. The fourth-order valence-electron chi connectivity index (χ4n) is 4.73. The first-order valence-corrected chi connectivity index (χ1v) is 12.7. The number of rotatable bonds is 7. The number of nitrogens with zero attached hydrogens (tertiary/aromatic N) is 1. The lowest BCUT2D eigenvalue weighted by molar-refractivity contribution is -0.126. The predicted molar refractivity (Wildman–Crippen MR) is 141 cm³/mol. The van der Waals surface area contributed by atoms with E-state index in [0.29, 0.717) is 35.2 Å². The number of hydrogen-bond acceptors (Lipinski definition) is 2. The average Bonchev–Trinajstić information content (AvgIpc) is 2.77. The van der Waals surface area contributed by atoms with Gasteiger partial charge in [-0.2, -0.15) is 0 Å². The van der Waals surface area contributed by atoms with Gasteiger partial charge < -0.3 is 5.32 Å². The number of hydrogen-bond donors (Lipinski definition) is 1. The summed E-state index contributed by atoms with van der Waals surface area (Å²) in [7, 11) is 0. The van der Waals surface area contributed by atoms with E-state index >= 15 is 0 Å². The molecule has 0 bridgehead atoms. The van der Waals surface area contributed by atoms with Gasteiger partial charge in [-0.15, -0.1) is 0 Å². The Kier molecular flexibility index (Phi) is 8.03. The van der Waals surface area contributed by atoms with Crippen molar-refractivity contribution in [2.75, 3.05) is 19.6 Å². The van der Waals surface area contributed by atoms with Crippen molar-refractivity contribution in [2.45, 2.75) is 32.7 Å². The molecule has 0 radical (unpaired) electrons. The maximum Gasteiger partial charge on any atom is 0.227 e. The number of amides is 1. The number of nitrogens with one attached hydrogen (secondary N) is 1. The zero-order valence-electron chi connectivity index (χ0n) is 20.6. The predicted octanol–water partition coefficient (Wildman–Crippen LogP) is 7.24. The summed E-state index contributed by atoms with van der Waals surface area (Å²) in [5.41, 5.74) is 2.36. The van der Waals surface area contributed by atoms with Crippen LogP contribution in [0, 0.1) is 23.0 Å². The van der Waals surface area contributed by atoms with E-state index in [1.165, 1.54) is 12.1 Å². The first-order chi connectivity index (χ1) is 17.0. The Labute approximate surface area is 221 Å². The molecule has 190 valence electrons. The van der Waals surface area contributed by atoms with E-state index in [4.69, 9.17) is 23.2 Å². The molecule has 1 aliphatic rings. The highest BCUT2D eigenvalue weighted by molar-refractivity contribution is 6.30. The van der Waals surface area contributed by atoms with E-state index in [-0.39, 0.29) is 23.3 Å². The highest BCUT2D eigenvalue weighted by Crippen LogP contribution is 2.40. The summed E-state index contributed by atoms with van der Waals surface area (Å²) in [5.74, 6) is -2.35. The molecule has 1 N–H and O–H groups in total. The molecule has 0 aliphatic carbocycles. The molecule has 1 heterocycles. The third-order valence-electron chi connectivity index (χ3n) is 6.47. The zero-order valence-corrected chi connectivity index (χ0v) is 22.1. The Morgan fingerprint density at radius 2 is 1.36 bits per heavy atom. The van der Waals surface area contributed by atoms with Crippen molar-refractivity contribution >= 4 is 29.1 Å². The van der Waals surface area contributed by atoms with Crippen LogP contribution in [-0.4, -0.2) is 30.4 Å². The average molecular weight is 531 g/mol. The van der Waals surface area contributed by atoms with Crippen LogP contribution in [0.5, 0.6) is 0 Å². The molecule has 7 heteroatoms. The normalized spacial score (nSPS) is 15.6. The molecule has 1 atom stereocenters. The summed E-state index contributed by atoms with van der Waals surface area (Å²) < 4.78 is 28.2. The van der Waals surface area contributed by atoms with Crippen LogP contribution in [0.15, 0.2) is 66.7 Å². The van der Waals surface area contributed by atoms with Gasteiger partial charge >= 0.3 is 0 Å². The quantitative estimate of drug-likeness (QED) is 0.349. The largest absolute Gasteiger partial charge is 0.355 e. The molecule has 36 heavy (non-hydrogen) atoms. The van der Waals surface area contributed by atoms with Gasteiger partial charge in [-0.25, -0.2) is 8.78 Å². The first kappa shape index (κ1) is 26.6. The molecule has 1 saturated heterocycles. The van der Waals surface area contributed by atoms with Crippen LogP contribution < -0.4 is 5.32 Å². The van der Waals surface area contributed by atoms with Crippen LogP contribution in [0.4, 0.5) is 8.78 Å². The zero-order chi connectivity index (χ0) is 26.0. The fourth-order valence-corrected chi connectivity index (χ4v) is 4.98. The van der Waals surface area contributed by atoms with Gasteiger partial charge in [0, 0.05) is 41.7 Å². The van der Waals surface area contributed by atoms with Gasteiger partial charge in [0.15, 0.2) is 0 Å². The molecule has 3 nitrogen and oxygen atoms in total. The van der Waals surface area contributed by atoms with Crippen LogP contribution in [0.2, 0.25) is 10.0 Å². The van der Waals surface area contributed by atoms with Crippen LogP contribution in [0.25, 0.3) is 0 Å². The van der Waals surface area contributed by atoms with E-state index in [1.807, 2.05) is 69.3 Å². The van der Waals surface area contributed by atoms with Crippen molar-refractivity contribution < 1.29 is 13.6 Å². The fraction of sp³-hybridized carbons (Fsp3) is 0.345. The van der Waals surface area contributed by atoms with Gasteiger partial charge in [0.1, 0.15) is 11.6 Å². The van der Waals surface area contributed by atoms with E-state index in [0.717, 1.165) is 17.2 Å². The Morgan fingerprint density at radius 3 is 1.81 bits per heavy atom. The highest BCUT2D eigenvalue weighted by atomic mass is 35.5. The number of halogens is 4. The van der Waals surface area contributed by atoms with E-state index in [2.05, 4.69) is 10.2 Å². The SMILES string of the molecule is CC(C)(C)CNC(=O)C(c1cc(F)cc(F)c1)C1CN(C(c2ccc(Cl)cc2)c2ccc(Cl)cc2)C1. The minimum Gasteiger partial charge on any atom is -0.355 e. The molecule has 1 unspecified atom stereocenters. The van der Waals surface area contributed by atoms with Gasteiger partial charge in [-0.1, -0.05) is 68.2 Å². The monoisotopic (exact) mass is 530 g/mol. The molecule has 1 amide bonds. The van der Waals surface area contributed by atoms with Crippen molar-refractivity contribution in [1.29, 1.82) is 0 Å². The Morgan fingerprint density at radius 1 is 0.889 bits per heavy atom. The molecular formula is C29H30Cl2F2N2O. The van der Waals surface area contributed by atoms with E-state index < -0.39 is 17.6 Å². The summed E-state index contributed by atoms with van der Waals surface area (Å²) in [6, 6.07) is 18.7. The van der Waals surface area contributed by atoms with Gasteiger partial charge in [-0.3, -0.25) is 9.69 Å². The molecule has 1 aliphatic heterocycles. The summed E-state index contributed by atoms with van der Waals surface area (Å²) in [6.07, 6.45) is 0. The minimum atomic E-state index is -0.685. The van der Waals surface area contributed by atoms with Gasteiger partial charge in [0.25, 0.3) is 0 Å². The van der Waals surface area contributed by atoms with Gasteiger partial charge in [0.2, 0.25) is 5.91 Å². The molecule has 0 saturated carbocycles. The van der Waals surface area contributed by atoms with Crippen LogP contribution in [0.1, 0.15) is 49.4 Å². The smallest absolute Gasteiger partial charge is 0.227 e. The maximum absolute atomic E-state index is 14.1. The van der Waals surface area contributed by atoms with Crippen molar-refractivity contribution in [3.05, 3.63) is 105 Å². The lowest BCUT2D eigenvalue weighted by Crippen LogP contribution is -2.54. The Hall–Kier alpha value is -2.47. The molecule has 0 spiro atoms. The van der Waals surface area contributed by atoms with Crippen molar-refractivity contribution in [3.8, 4) is 0 Å². The number of carbonyl (C=O) groups is 1. The molecular weight excluding hydrogens is 501 g/mol. The summed E-state index contributed by atoms with van der Waals surface area (Å²) in [6.45, 7) is 7.71. The van der Waals surface area contributed by atoms with Crippen LogP contribution in [0.3, 0.4) is 0 Å². The Balaban J connectivity index is 1.61. The Bertz CT molecular complexity index is 1140. The van der Waals surface area contributed by atoms with E-state index in [1.54, 1.807) is 0 Å². The maximum atomic E-state index is 14.1. The van der Waals surface area contributed by atoms with Crippen molar-refractivity contribution in [2.24, 2.45) is 11.3 Å². The highest BCUT2D eigenvalue weighted by Gasteiger charge is 2.42. The molecule has 3 aromatic carbocycles. The standard InChI is InChI=1S/C29H30Cl2F2N2O/c1-29(2,3)17-34-28(36)26(20-12-24(32)14-25(33)13-20)21-15-35(16-21)27(18-4-8-22(30)9-5-18)19-6-10-23(31)11-7-19/h4-14,21,26-27H,15-17H2,1-3H3,(H,34,36). The van der Waals surface area contributed by atoms with Crippen LogP contribution >= 0.6 is 23.2 Å². The molecule has 4 rings (SSSR count). The third kappa shape index (κ3) is 6.44. The summed E-state index contributed by atoms with van der Waals surface area (Å²) in [5, 5.41) is 4.30. The number of carbonyl (C=O) groups excluding carboxylic acids is 1. The first-order valence-electron chi connectivity index (χ1n) is 12.0. The van der Waals surface area contributed by atoms with Gasteiger partial charge in [-0.05, 0) is 58.5 Å².